The number of likely N-dealkylation sites (tertiary alicyclic amines) is 1. The Morgan fingerprint density at radius 1 is 1.32 bits per heavy atom. The Morgan fingerprint density at radius 3 is 2.76 bits per heavy atom. The van der Waals surface area contributed by atoms with Crippen LogP contribution in [0, 0.1) is 5.92 Å². The monoisotopic (exact) mass is 341 g/mol. The summed E-state index contributed by atoms with van der Waals surface area (Å²) >= 11 is 0. The van der Waals surface area contributed by atoms with Gasteiger partial charge in [-0.1, -0.05) is 6.07 Å². The lowest BCUT2D eigenvalue weighted by Gasteiger charge is -2.34. The van der Waals surface area contributed by atoms with Crippen LogP contribution >= 0.6 is 0 Å². The molecule has 1 aliphatic heterocycles. The first-order valence-electron chi connectivity index (χ1n) is 9.05. The molecule has 0 bridgehead atoms. The van der Waals surface area contributed by atoms with Gasteiger partial charge in [-0.05, 0) is 57.1 Å². The average Bonchev–Trinajstić information content (AvgIpc) is 3.15. The Balaban J connectivity index is 1.48. The lowest BCUT2D eigenvalue weighted by atomic mass is 9.94. The molecule has 2 aromatic heterocycles. The molecule has 2 aromatic rings. The molecule has 134 valence electrons. The van der Waals surface area contributed by atoms with E-state index in [0.29, 0.717) is 0 Å². The van der Waals surface area contributed by atoms with Gasteiger partial charge in [0.1, 0.15) is 5.76 Å². The number of aromatic nitrogens is 1. The number of nitrogens with zero attached hydrogens (tertiary/aromatic N) is 3. The van der Waals surface area contributed by atoms with Gasteiger partial charge in [0.05, 0.1) is 12.8 Å². The molecule has 5 nitrogen and oxygen atoms in total. The molecule has 25 heavy (non-hydrogen) atoms. The van der Waals surface area contributed by atoms with Crippen molar-refractivity contribution in [3.05, 3.63) is 54.2 Å². The van der Waals surface area contributed by atoms with E-state index >= 15 is 0 Å². The third kappa shape index (κ3) is 4.69. The third-order valence-electron chi connectivity index (χ3n) is 5.14. The Kier molecular flexibility index (Phi) is 5.87. The second-order valence-corrected chi connectivity index (χ2v) is 6.95. The quantitative estimate of drug-likeness (QED) is 0.810. The molecule has 0 N–H and O–H groups in total. The van der Waals surface area contributed by atoms with Crippen LogP contribution in [0.25, 0.3) is 0 Å². The second-order valence-electron chi connectivity index (χ2n) is 6.95. The zero-order valence-corrected chi connectivity index (χ0v) is 15.1. The van der Waals surface area contributed by atoms with E-state index in [4.69, 9.17) is 4.42 Å². The number of carbonyl (C=O) groups is 1. The molecule has 0 spiro atoms. The summed E-state index contributed by atoms with van der Waals surface area (Å²) in [6, 6.07) is 10.0. The van der Waals surface area contributed by atoms with Gasteiger partial charge >= 0.3 is 0 Å². The largest absolute Gasteiger partial charge is 0.468 e. The van der Waals surface area contributed by atoms with E-state index in [1.165, 1.54) is 0 Å². The maximum atomic E-state index is 12.8. The molecule has 0 aliphatic carbocycles. The number of pyridine rings is 1. The zero-order valence-electron chi connectivity index (χ0n) is 15.1. The molecule has 3 heterocycles. The highest BCUT2D eigenvalue weighted by Gasteiger charge is 2.29. The number of piperidine rings is 1. The molecule has 1 aliphatic rings. The van der Waals surface area contributed by atoms with Crippen LogP contribution in [0.15, 0.2) is 47.2 Å². The van der Waals surface area contributed by atoms with E-state index in [1.54, 1.807) is 12.5 Å². The third-order valence-corrected chi connectivity index (χ3v) is 5.14. The summed E-state index contributed by atoms with van der Waals surface area (Å²) in [6.45, 7) is 4.82. The summed E-state index contributed by atoms with van der Waals surface area (Å²) in [7, 11) is 1.92. The SMILES string of the molecule is C[C@H](Cc1ccccn1)N(C)C(=O)C1CCN(Cc2ccco2)CC1. The topological polar surface area (TPSA) is 49.6 Å². The number of amides is 1. The molecular formula is C20H27N3O2. The maximum Gasteiger partial charge on any atom is 0.225 e. The highest BCUT2D eigenvalue weighted by atomic mass is 16.3. The number of likely N-dealkylation sites (N-methyl/N-ethyl adjacent to an activating group) is 1. The van der Waals surface area contributed by atoms with E-state index in [9.17, 15) is 4.79 Å². The van der Waals surface area contributed by atoms with Crippen molar-refractivity contribution in [3.8, 4) is 0 Å². The van der Waals surface area contributed by atoms with Crippen LogP contribution in [0.5, 0.6) is 0 Å². The number of hydrogen-bond donors (Lipinski definition) is 0. The van der Waals surface area contributed by atoms with E-state index in [2.05, 4.69) is 16.8 Å². The van der Waals surface area contributed by atoms with E-state index in [0.717, 1.165) is 50.4 Å². The van der Waals surface area contributed by atoms with Gasteiger partial charge < -0.3 is 9.32 Å². The van der Waals surface area contributed by atoms with Crippen molar-refractivity contribution in [1.29, 1.82) is 0 Å². The van der Waals surface area contributed by atoms with Crippen molar-refractivity contribution in [2.75, 3.05) is 20.1 Å². The molecule has 1 atom stereocenters. The Hall–Kier alpha value is -2.14. The summed E-state index contributed by atoms with van der Waals surface area (Å²) in [5.74, 6) is 1.39. The summed E-state index contributed by atoms with van der Waals surface area (Å²) in [5.41, 5.74) is 1.03. The minimum absolute atomic E-state index is 0.129. The molecule has 1 amide bonds. The van der Waals surface area contributed by atoms with E-state index in [-0.39, 0.29) is 17.9 Å². The predicted octanol–water partition coefficient (Wildman–Crippen LogP) is 2.98. The van der Waals surface area contributed by atoms with Crippen LogP contribution in [-0.2, 0) is 17.8 Å². The second kappa shape index (κ2) is 8.30. The first kappa shape index (κ1) is 17.7. The van der Waals surface area contributed by atoms with Crippen molar-refractivity contribution in [1.82, 2.24) is 14.8 Å². The van der Waals surface area contributed by atoms with Crippen molar-refractivity contribution >= 4 is 5.91 Å². The minimum Gasteiger partial charge on any atom is -0.468 e. The molecule has 5 heteroatoms. The molecule has 1 saturated heterocycles. The summed E-state index contributed by atoms with van der Waals surface area (Å²) in [5, 5.41) is 0. The standard InChI is InChI=1S/C20H27N3O2/c1-16(14-18-6-3-4-10-21-18)22(2)20(24)17-8-11-23(12-9-17)15-19-7-5-13-25-19/h3-7,10,13,16-17H,8-9,11-12,14-15H2,1-2H3/t16-/m1/s1. The van der Waals surface area contributed by atoms with Crippen molar-refractivity contribution in [2.24, 2.45) is 5.92 Å². The molecule has 0 radical (unpaired) electrons. The fourth-order valence-corrected chi connectivity index (χ4v) is 3.42. The van der Waals surface area contributed by atoms with Crippen LogP contribution < -0.4 is 0 Å². The Labute approximate surface area is 149 Å². The van der Waals surface area contributed by atoms with E-state index in [1.807, 2.05) is 42.3 Å². The lowest BCUT2D eigenvalue weighted by Crippen LogP contribution is -2.44. The van der Waals surface area contributed by atoms with Crippen LogP contribution in [0.2, 0.25) is 0 Å². The number of carbonyl (C=O) groups excluding carboxylic acids is 1. The van der Waals surface area contributed by atoms with Gasteiger partial charge in [-0.2, -0.15) is 0 Å². The van der Waals surface area contributed by atoms with Crippen LogP contribution in [0.3, 0.4) is 0 Å². The van der Waals surface area contributed by atoms with Crippen LogP contribution in [-0.4, -0.2) is 46.9 Å². The van der Waals surface area contributed by atoms with Gasteiger partial charge in [-0.3, -0.25) is 14.7 Å². The first-order chi connectivity index (χ1) is 12.1. The molecule has 1 fully saturated rings. The van der Waals surface area contributed by atoms with Gasteiger partial charge in [0.25, 0.3) is 0 Å². The highest BCUT2D eigenvalue weighted by molar-refractivity contribution is 5.79. The predicted molar refractivity (Wildman–Crippen MR) is 96.9 cm³/mol. The maximum absolute atomic E-state index is 12.8. The Bertz CT molecular complexity index is 649. The number of rotatable bonds is 6. The van der Waals surface area contributed by atoms with Crippen molar-refractivity contribution < 1.29 is 9.21 Å². The van der Waals surface area contributed by atoms with Crippen molar-refractivity contribution in [3.63, 3.8) is 0 Å². The molecule has 3 rings (SSSR count). The van der Waals surface area contributed by atoms with Crippen LogP contribution in [0.4, 0.5) is 0 Å². The van der Waals surface area contributed by atoms with Gasteiger partial charge in [0, 0.05) is 37.3 Å². The summed E-state index contributed by atoms with van der Waals surface area (Å²) < 4.78 is 5.41. The first-order valence-corrected chi connectivity index (χ1v) is 9.05. The lowest BCUT2D eigenvalue weighted by molar-refractivity contribution is -0.137. The number of furan rings is 1. The average molecular weight is 341 g/mol. The fourth-order valence-electron chi connectivity index (χ4n) is 3.42. The van der Waals surface area contributed by atoms with Gasteiger partial charge in [-0.15, -0.1) is 0 Å². The Morgan fingerprint density at radius 2 is 2.12 bits per heavy atom. The zero-order chi connectivity index (χ0) is 17.6. The molecule has 0 saturated carbocycles. The fraction of sp³-hybridized carbons (Fsp3) is 0.500. The van der Waals surface area contributed by atoms with E-state index < -0.39 is 0 Å². The molecule has 0 unspecified atom stereocenters. The minimum atomic E-state index is 0.129. The van der Waals surface area contributed by atoms with Gasteiger partial charge in [-0.25, -0.2) is 0 Å². The van der Waals surface area contributed by atoms with Gasteiger partial charge in [0.2, 0.25) is 5.91 Å². The van der Waals surface area contributed by atoms with Crippen LogP contribution in [0.1, 0.15) is 31.2 Å². The molecule has 0 aromatic carbocycles. The highest BCUT2D eigenvalue weighted by Crippen LogP contribution is 2.22. The normalized spacial score (nSPS) is 17.4. The van der Waals surface area contributed by atoms with Crippen molar-refractivity contribution in [2.45, 2.75) is 38.8 Å². The smallest absolute Gasteiger partial charge is 0.225 e. The summed E-state index contributed by atoms with van der Waals surface area (Å²) in [6.07, 6.45) is 6.14. The molecular weight excluding hydrogens is 314 g/mol. The number of hydrogen-bond acceptors (Lipinski definition) is 4. The summed E-state index contributed by atoms with van der Waals surface area (Å²) in [4.78, 5) is 21.5. The van der Waals surface area contributed by atoms with Gasteiger partial charge in [0.15, 0.2) is 0 Å².